The molecule has 0 spiro atoms. The lowest BCUT2D eigenvalue weighted by molar-refractivity contribution is -0.134. The number of fused-ring (bicyclic) bond motifs is 1. The second-order valence-electron chi connectivity index (χ2n) is 10.8. The Morgan fingerprint density at radius 2 is 1.66 bits per heavy atom. The maximum Gasteiger partial charge on any atom is 0.323 e. The molecule has 0 aromatic heterocycles. The van der Waals surface area contributed by atoms with Crippen LogP contribution < -0.4 is 25.4 Å². The summed E-state index contributed by atoms with van der Waals surface area (Å²) in [6.45, 7) is 4.00. The van der Waals surface area contributed by atoms with Crippen LogP contribution in [-0.2, 0) is 11.2 Å². The largest absolute Gasteiger partial charge is 0.497 e. The highest BCUT2D eigenvalue weighted by Crippen LogP contribution is 2.29. The molecule has 1 aliphatic rings. The molecule has 0 radical (unpaired) electrons. The van der Waals surface area contributed by atoms with Crippen molar-refractivity contribution in [2.24, 2.45) is 5.92 Å². The number of urea groups is 2. The quantitative estimate of drug-likeness (QED) is 0.291. The van der Waals surface area contributed by atoms with E-state index in [2.05, 4.69) is 16.0 Å². The zero-order chi connectivity index (χ0) is 31.8. The van der Waals surface area contributed by atoms with Crippen LogP contribution >= 0.6 is 0 Å². The SMILES string of the molecule is COc1ccc(NC(=O)N(C)C[C@@H]2Oc3ccc(NC(=O)Nc4ccc(F)cc4)cc3CC(=O)N([C@@H](C)CO)C[C@@H]2C)cc1. The van der Waals surface area contributed by atoms with Crippen LogP contribution in [0.3, 0.4) is 0 Å². The molecule has 4 N–H and O–H groups in total. The predicted octanol–water partition coefficient (Wildman–Crippen LogP) is 4.79. The molecule has 11 nitrogen and oxygen atoms in total. The molecule has 3 aromatic carbocycles. The van der Waals surface area contributed by atoms with Crippen LogP contribution in [0.5, 0.6) is 11.5 Å². The number of ether oxygens (including phenoxy) is 2. The summed E-state index contributed by atoms with van der Waals surface area (Å²) in [7, 11) is 3.23. The molecule has 44 heavy (non-hydrogen) atoms. The van der Waals surface area contributed by atoms with Gasteiger partial charge in [0.25, 0.3) is 0 Å². The second kappa shape index (κ2) is 14.6. The van der Waals surface area contributed by atoms with Crippen LogP contribution in [0.4, 0.5) is 31.0 Å². The fourth-order valence-electron chi connectivity index (χ4n) is 4.80. The second-order valence-corrected chi connectivity index (χ2v) is 10.8. The predicted molar refractivity (Wildman–Crippen MR) is 166 cm³/mol. The summed E-state index contributed by atoms with van der Waals surface area (Å²) < 4.78 is 24.9. The molecule has 0 aliphatic carbocycles. The maximum absolute atomic E-state index is 13.5. The normalized spacial score (nSPS) is 17.1. The van der Waals surface area contributed by atoms with Crippen LogP contribution in [0.1, 0.15) is 19.4 Å². The van der Waals surface area contributed by atoms with Crippen molar-refractivity contribution >= 4 is 35.0 Å². The van der Waals surface area contributed by atoms with E-state index < -0.39 is 24.0 Å². The van der Waals surface area contributed by atoms with Gasteiger partial charge in [-0.25, -0.2) is 14.0 Å². The Hall–Kier alpha value is -4.84. The summed E-state index contributed by atoms with van der Waals surface area (Å²) in [5.74, 6) is 0.282. The highest BCUT2D eigenvalue weighted by molar-refractivity contribution is 6.00. The van der Waals surface area contributed by atoms with Crippen molar-refractivity contribution in [1.82, 2.24) is 9.80 Å². The zero-order valence-corrected chi connectivity index (χ0v) is 25.2. The van der Waals surface area contributed by atoms with E-state index >= 15 is 0 Å². The van der Waals surface area contributed by atoms with Gasteiger partial charge in [-0.2, -0.15) is 0 Å². The van der Waals surface area contributed by atoms with E-state index in [-0.39, 0.29) is 37.4 Å². The Bertz CT molecular complexity index is 1450. The van der Waals surface area contributed by atoms with Crippen molar-refractivity contribution in [1.29, 1.82) is 0 Å². The minimum atomic E-state index is -0.543. The van der Waals surface area contributed by atoms with Crippen molar-refractivity contribution in [3.8, 4) is 11.5 Å². The van der Waals surface area contributed by atoms with Crippen molar-refractivity contribution in [2.75, 3.05) is 49.8 Å². The van der Waals surface area contributed by atoms with Crippen LogP contribution in [0.15, 0.2) is 66.7 Å². The third kappa shape index (κ3) is 8.38. The molecular formula is C32H38FN5O6. The number of aliphatic hydroxyl groups excluding tert-OH is 1. The first-order valence-corrected chi connectivity index (χ1v) is 14.3. The van der Waals surface area contributed by atoms with Gasteiger partial charge in [0.2, 0.25) is 5.91 Å². The smallest absolute Gasteiger partial charge is 0.323 e. The number of methoxy groups -OCH3 is 1. The first-order chi connectivity index (χ1) is 21.1. The number of hydrogen-bond donors (Lipinski definition) is 4. The molecule has 0 unspecified atom stereocenters. The summed E-state index contributed by atoms with van der Waals surface area (Å²) in [5, 5.41) is 18.1. The number of nitrogens with one attached hydrogen (secondary N) is 3. The Morgan fingerprint density at radius 3 is 2.32 bits per heavy atom. The zero-order valence-electron chi connectivity index (χ0n) is 25.2. The molecule has 0 bridgehead atoms. The molecule has 3 atom stereocenters. The topological polar surface area (TPSA) is 132 Å². The van der Waals surface area contributed by atoms with Gasteiger partial charge >= 0.3 is 12.1 Å². The number of aliphatic hydroxyl groups is 1. The summed E-state index contributed by atoms with van der Waals surface area (Å²) >= 11 is 0. The van der Waals surface area contributed by atoms with Crippen molar-refractivity contribution in [2.45, 2.75) is 32.4 Å². The van der Waals surface area contributed by atoms with Gasteiger partial charge in [0.05, 0.1) is 32.7 Å². The van der Waals surface area contributed by atoms with Crippen LogP contribution in [0, 0.1) is 11.7 Å². The molecule has 1 heterocycles. The highest BCUT2D eigenvalue weighted by atomic mass is 19.1. The number of hydrogen-bond acceptors (Lipinski definition) is 6. The lowest BCUT2D eigenvalue weighted by Crippen LogP contribution is -2.48. The molecule has 5 amide bonds. The minimum Gasteiger partial charge on any atom is -0.497 e. The maximum atomic E-state index is 13.5. The van der Waals surface area contributed by atoms with E-state index in [0.29, 0.717) is 40.7 Å². The number of rotatable bonds is 8. The van der Waals surface area contributed by atoms with Gasteiger partial charge in [-0.05, 0) is 73.7 Å². The summed E-state index contributed by atoms with van der Waals surface area (Å²) in [6, 6.07) is 16.0. The molecule has 234 valence electrons. The van der Waals surface area contributed by atoms with Crippen molar-refractivity contribution in [3.05, 3.63) is 78.1 Å². The molecule has 3 aromatic rings. The Morgan fingerprint density at radius 1 is 1.05 bits per heavy atom. The van der Waals surface area contributed by atoms with Gasteiger partial charge in [0.1, 0.15) is 23.4 Å². The van der Waals surface area contributed by atoms with E-state index in [1.54, 1.807) is 68.4 Å². The van der Waals surface area contributed by atoms with Gasteiger partial charge in [0, 0.05) is 42.1 Å². The fourth-order valence-corrected chi connectivity index (χ4v) is 4.80. The third-order valence-electron chi connectivity index (χ3n) is 7.42. The van der Waals surface area contributed by atoms with E-state index in [0.717, 1.165) is 0 Å². The van der Waals surface area contributed by atoms with E-state index in [1.807, 2.05) is 6.92 Å². The number of carbonyl (C=O) groups is 3. The van der Waals surface area contributed by atoms with Crippen LogP contribution in [-0.4, -0.2) is 78.9 Å². The number of carbonyl (C=O) groups excluding carboxylic acids is 3. The Balaban J connectivity index is 1.54. The van der Waals surface area contributed by atoms with E-state index in [1.165, 1.54) is 29.2 Å². The average Bonchev–Trinajstić information content (AvgIpc) is 3.05. The average molecular weight is 608 g/mol. The summed E-state index contributed by atoms with van der Waals surface area (Å²) in [5.41, 5.74) is 1.97. The van der Waals surface area contributed by atoms with Crippen molar-refractivity contribution in [3.63, 3.8) is 0 Å². The molecule has 4 rings (SSSR count). The molecule has 1 aliphatic heterocycles. The molecule has 0 saturated heterocycles. The minimum absolute atomic E-state index is 0.0258. The molecular weight excluding hydrogens is 569 g/mol. The monoisotopic (exact) mass is 607 g/mol. The van der Waals surface area contributed by atoms with Crippen molar-refractivity contribution < 1.29 is 33.4 Å². The van der Waals surface area contributed by atoms with E-state index in [9.17, 15) is 23.9 Å². The summed E-state index contributed by atoms with van der Waals surface area (Å²) in [4.78, 5) is 42.2. The highest BCUT2D eigenvalue weighted by Gasteiger charge is 2.32. The van der Waals surface area contributed by atoms with Crippen LogP contribution in [0.25, 0.3) is 0 Å². The van der Waals surface area contributed by atoms with Gasteiger partial charge in [-0.1, -0.05) is 6.92 Å². The van der Waals surface area contributed by atoms with Crippen LogP contribution in [0.2, 0.25) is 0 Å². The lowest BCUT2D eigenvalue weighted by atomic mass is 10.0. The number of anilines is 3. The first kappa shape index (κ1) is 32.1. The Kier molecular flexibility index (Phi) is 10.6. The molecule has 0 fully saturated rings. The van der Waals surface area contributed by atoms with Gasteiger partial charge in [-0.15, -0.1) is 0 Å². The third-order valence-corrected chi connectivity index (χ3v) is 7.42. The first-order valence-electron chi connectivity index (χ1n) is 14.3. The number of benzene rings is 3. The fraction of sp³-hybridized carbons (Fsp3) is 0.344. The molecule has 0 saturated carbocycles. The van der Waals surface area contributed by atoms with Gasteiger partial charge in [0.15, 0.2) is 0 Å². The Labute approximate surface area is 255 Å². The van der Waals surface area contributed by atoms with E-state index in [4.69, 9.17) is 9.47 Å². The molecule has 12 heteroatoms. The number of nitrogens with zero attached hydrogens (tertiary/aromatic N) is 2. The lowest BCUT2D eigenvalue weighted by Gasteiger charge is -2.34. The van der Waals surface area contributed by atoms with Gasteiger partial charge in [-0.3, -0.25) is 4.79 Å². The number of likely N-dealkylation sites (N-methyl/N-ethyl adjacent to an activating group) is 1. The standard InChI is InChI=1S/C32H38FN5O6/c1-20-17-38(21(2)19-39)30(40)16-22-15-26(35-31(41)34-24-7-5-23(33)6-8-24)11-14-28(22)44-29(20)18-37(3)32(42)36-25-9-12-27(43-4)13-10-25/h5-15,20-21,29,39H,16-19H2,1-4H3,(H,36,42)(H2,34,35,41)/t20-,21-,29-/m0/s1. The summed E-state index contributed by atoms with van der Waals surface area (Å²) in [6.07, 6.45) is -0.539. The number of halogens is 1. The van der Waals surface area contributed by atoms with Gasteiger partial charge < -0.3 is 40.3 Å². The number of amides is 5.